The Hall–Kier alpha value is -1.44. The maximum absolute atomic E-state index is 11.7. The van der Waals surface area contributed by atoms with Crippen LogP contribution in [0.5, 0.6) is 0 Å². The minimum absolute atomic E-state index is 0.0654. The maximum Gasteiger partial charge on any atom is 0.241 e. The molecule has 8 heteroatoms. The van der Waals surface area contributed by atoms with Crippen molar-refractivity contribution in [3.8, 4) is 0 Å². The van der Waals surface area contributed by atoms with Crippen LogP contribution >= 0.6 is 0 Å². The molecule has 0 aliphatic heterocycles. The quantitative estimate of drug-likeness (QED) is 0.798. The third-order valence-corrected chi connectivity index (χ3v) is 3.78. The van der Waals surface area contributed by atoms with E-state index in [2.05, 4.69) is 15.5 Å². The van der Waals surface area contributed by atoms with Crippen molar-refractivity contribution in [3.05, 3.63) is 11.7 Å². The van der Waals surface area contributed by atoms with Gasteiger partial charge in [0, 0.05) is 19.4 Å². The van der Waals surface area contributed by atoms with Crippen LogP contribution in [0.3, 0.4) is 0 Å². The molecule has 0 aliphatic carbocycles. The van der Waals surface area contributed by atoms with E-state index in [0.717, 1.165) is 0 Å². The molecule has 0 spiro atoms. The molecule has 1 aromatic heterocycles. The molecule has 0 fully saturated rings. The first-order valence-electron chi connectivity index (χ1n) is 5.57. The average molecular weight is 275 g/mol. The van der Waals surface area contributed by atoms with Gasteiger partial charge in [0.05, 0.1) is 5.75 Å². The van der Waals surface area contributed by atoms with Gasteiger partial charge in [0.1, 0.15) is 5.75 Å². The van der Waals surface area contributed by atoms with E-state index in [1.54, 1.807) is 0 Å². The monoisotopic (exact) mass is 275 g/mol. The second-order valence-corrected chi connectivity index (χ2v) is 6.40. The van der Waals surface area contributed by atoms with Gasteiger partial charge in [0.2, 0.25) is 11.8 Å². The molecule has 1 amide bonds. The molecular weight excluding hydrogens is 258 g/mol. The number of carbonyl (C=O) groups excluding carboxylic acids is 1. The van der Waals surface area contributed by atoms with Crippen LogP contribution in [0.15, 0.2) is 4.52 Å². The van der Waals surface area contributed by atoms with Crippen molar-refractivity contribution in [2.75, 3.05) is 12.8 Å². The molecule has 1 rings (SSSR count). The minimum atomic E-state index is -3.41. The van der Waals surface area contributed by atoms with Crippen molar-refractivity contribution in [3.63, 3.8) is 0 Å². The summed E-state index contributed by atoms with van der Waals surface area (Å²) in [7, 11) is -1.95. The smallest absolute Gasteiger partial charge is 0.241 e. The molecule has 0 saturated heterocycles. The second kappa shape index (κ2) is 5.94. The molecule has 0 radical (unpaired) electrons. The van der Waals surface area contributed by atoms with Crippen molar-refractivity contribution in [1.29, 1.82) is 0 Å². The number of nitrogens with zero attached hydrogens (tertiary/aromatic N) is 2. The predicted octanol–water partition coefficient (Wildman–Crippen LogP) is 0.244. The van der Waals surface area contributed by atoms with E-state index in [9.17, 15) is 13.2 Å². The van der Waals surface area contributed by atoms with Crippen LogP contribution in [-0.4, -0.2) is 37.3 Å². The Kier molecular flexibility index (Phi) is 4.83. The Morgan fingerprint density at radius 2 is 2.11 bits per heavy atom. The van der Waals surface area contributed by atoms with Gasteiger partial charge in [-0.2, -0.15) is 4.98 Å². The normalized spacial score (nSPS) is 11.8. The molecule has 7 nitrogen and oxygen atoms in total. The lowest BCUT2D eigenvalue weighted by molar-refractivity contribution is -0.120. The number of amides is 1. The lowest BCUT2D eigenvalue weighted by Crippen LogP contribution is -2.22. The third kappa shape index (κ3) is 4.44. The van der Waals surface area contributed by atoms with E-state index in [1.165, 1.54) is 7.05 Å². The zero-order valence-corrected chi connectivity index (χ0v) is 11.5. The van der Waals surface area contributed by atoms with Gasteiger partial charge in [0.25, 0.3) is 0 Å². The second-order valence-electron chi connectivity index (χ2n) is 4.22. The molecule has 102 valence electrons. The summed E-state index contributed by atoms with van der Waals surface area (Å²) in [6.45, 7) is 3.77. The van der Waals surface area contributed by atoms with Gasteiger partial charge in [-0.25, -0.2) is 8.42 Å². The van der Waals surface area contributed by atoms with Crippen molar-refractivity contribution < 1.29 is 17.7 Å². The molecule has 0 unspecified atom stereocenters. The highest BCUT2D eigenvalue weighted by molar-refractivity contribution is 7.90. The molecule has 0 bridgehead atoms. The van der Waals surface area contributed by atoms with Crippen LogP contribution in [0.4, 0.5) is 0 Å². The van der Waals surface area contributed by atoms with E-state index in [-0.39, 0.29) is 35.6 Å². The van der Waals surface area contributed by atoms with E-state index in [0.29, 0.717) is 5.82 Å². The zero-order chi connectivity index (χ0) is 13.8. The molecule has 0 saturated carbocycles. The fourth-order valence-electron chi connectivity index (χ4n) is 1.19. The standard InChI is InChI=1S/C10H17N3O4S/c1-7(2)10-12-9(17-13-10)6-18(15,16)5-4-8(14)11-3/h7H,4-6H2,1-3H3,(H,11,14). The lowest BCUT2D eigenvalue weighted by atomic mass is 10.2. The molecule has 18 heavy (non-hydrogen) atoms. The molecule has 0 aromatic carbocycles. The highest BCUT2D eigenvalue weighted by Crippen LogP contribution is 2.12. The van der Waals surface area contributed by atoms with Crippen molar-refractivity contribution in [1.82, 2.24) is 15.5 Å². The zero-order valence-electron chi connectivity index (χ0n) is 10.6. The number of nitrogens with one attached hydrogen (secondary N) is 1. The first-order valence-corrected chi connectivity index (χ1v) is 7.39. The average Bonchev–Trinajstić information content (AvgIpc) is 2.73. The van der Waals surface area contributed by atoms with E-state index in [4.69, 9.17) is 4.52 Å². The topological polar surface area (TPSA) is 102 Å². The van der Waals surface area contributed by atoms with Gasteiger partial charge >= 0.3 is 0 Å². The fourth-order valence-corrected chi connectivity index (χ4v) is 2.33. The fraction of sp³-hybridized carbons (Fsp3) is 0.700. The number of rotatable bonds is 6. The van der Waals surface area contributed by atoms with Crippen LogP contribution in [0.25, 0.3) is 0 Å². The van der Waals surface area contributed by atoms with Gasteiger partial charge in [-0.3, -0.25) is 4.79 Å². The summed E-state index contributed by atoms with van der Waals surface area (Å²) in [6.07, 6.45) is -0.0655. The molecule has 0 aliphatic rings. The number of aromatic nitrogens is 2. The Morgan fingerprint density at radius 3 is 2.61 bits per heavy atom. The van der Waals surface area contributed by atoms with Crippen molar-refractivity contribution >= 4 is 15.7 Å². The highest BCUT2D eigenvalue weighted by Gasteiger charge is 2.19. The number of hydrogen-bond acceptors (Lipinski definition) is 6. The summed E-state index contributed by atoms with van der Waals surface area (Å²) in [5.41, 5.74) is 0. The first-order chi connectivity index (χ1) is 8.34. The van der Waals surface area contributed by atoms with Gasteiger partial charge in [-0.15, -0.1) is 0 Å². The van der Waals surface area contributed by atoms with Crippen LogP contribution in [0.2, 0.25) is 0 Å². The van der Waals surface area contributed by atoms with Crippen LogP contribution < -0.4 is 5.32 Å². The van der Waals surface area contributed by atoms with E-state index in [1.807, 2.05) is 13.8 Å². The Bertz CT molecular complexity index is 507. The lowest BCUT2D eigenvalue weighted by Gasteiger charge is -2.00. The Morgan fingerprint density at radius 1 is 1.44 bits per heavy atom. The Labute approximate surface area is 106 Å². The van der Waals surface area contributed by atoms with Crippen LogP contribution in [0.1, 0.15) is 37.9 Å². The predicted molar refractivity (Wildman–Crippen MR) is 64.6 cm³/mol. The summed E-state index contributed by atoms with van der Waals surface area (Å²) in [4.78, 5) is 15.0. The SMILES string of the molecule is CNC(=O)CCS(=O)(=O)Cc1nc(C(C)C)no1. The van der Waals surface area contributed by atoms with E-state index < -0.39 is 9.84 Å². The van der Waals surface area contributed by atoms with Crippen molar-refractivity contribution in [2.24, 2.45) is 0 Å². The minimum Gasteiger partial charge on any atom is -0.359 e. The molecular formula is C10H17N3O4S. The van der Waals surface area contributed by atoms with E-state index >= 15 is 0 Å². The summed E-state index contributed by atoms with van der Waals surface area (Å²) in [5.74, 6) is -0.249. The number of sulfone groups is 1. The summed E-state index contributed by atoms with van der Waals surface area (Å²) in [5, 5.41) is 6.05. The van der Waals surface area contributed by atoms with Gasteiger partial charge in [-0.05, 0) is 0 Å². The highest BCUT2D eigenvalue weighted by atomic mass is 32.2. The van der Waals surface area contributed by atoms with Crippen LogP contribution in [0, 0.1) is 0 Å². The molecule has 0 atom stereocenters. The molecule has 1 N–H and O–H groups in total. The summed E-state index contributed by atoms with van der Waals surface area (Å²) in [6, 6.07) is 0. The number of hydrogen-bond donors (Lipinski definition) is 1. The van der Waals surface area contributed by atoms with Gasteiger partial charge in [0.15, 0.2) is 15.7 Å². The van der Waals surface area contributed by atoms with Crippen molar-refractivity contribution in [2.45, 2.75) is 31.9 Å². The van der Waals surface area contributed by atoms with Gasteiger partial charge < -0.3 is 9.84 Å². The van der Waals surface area contributed by atoms with Gasteiger partial charge in [-0.1, -0.05) is 19.0 Å². The molecule has 1 heterocycles. The first kappa shape index (κ1) is 14.6. The largest absolute Gasteiger partial charge is 0.359 e. The Balaban J connectivity index is 2.61. The summed E-state index contributed by atoms with van der Waals surface area (Å²) >= 11 is 0. The molecule has 1 aromatic rings. The maximum atomic E-state index is 11.7. The third-order valence-electron chi connectivity index (χ3n) is 2.26. The summed E-state index contributed by atoms with van der Waals surface area (Å²) < 4.78 is 28.2. The number of carbonyl (C=O) groups is 1. The van der Waals surface area contributed by atoms with Crippen LogP contribution in [-0.2, 0) is 20.4 Å².